The maximum Gasteiger partial charge on any atom is 0.276 e. The SMILES string of the molecule is C/C(=N\NS(=O)(=O)c1ccc(C#N)cc1)c1ccccc1. The van der Waals surface area contributed by atoms with E-state index in [1.807, 2.05) is 36.4 Å². The van der Waals surface area contributed by atoms with Gasteiger partial charge in [-0.2, -0.15) is 23.6 Å². The van der Waals surface area contributed by atoms with E-state index in [0.29, 0.717) is 11.3 Å². The lowest BCUT2D eigenvalue weighted by atomic mass is 10.1. The largest absolute Gasteiger partial charge is 0.276 e. The third kappa shape index (κ3) is 3.68. The van der Waals surface area contributed by atoms with Crippen LogP contribution in [0.5, 0.6) is 0 Å². The highest BCUT2D eigenvalue weighted by atomic mass is 32.2. The van der Waals surface area contributed by atoms with Crippen LogP contribution in [-0.2, 0) is 10.0 Å². The summed E-state index contributed by atoms with van der Waals surface area (Å²) in [5.74, 6) is 0. The van der Waals surface area contributed by atoms with E-state index in [1.165, 1.54) is 24.3 Å². The number of rotatable bonds is 4. The summed E-state index contributed by atoms with van der Waals surface area (Å²) >= 11 is 0. The monoisotopic (exact) mass is 299 g/mol. The number of hydrogen-bond acceptors (Lipinski definition) is 4. The van der Waals surface area contributed by atoms with E-state index in [1.54, 1.807) is 6.92 Å². The maximum atomic E-state index is 12.1. The van der Waals surface area contributed by atoms with Crippen LogP contribution in [0.4, 0.5) is 0 Å². The lowest BCUT2D eigenvalue weighted by Gasteiger charge is -2.05. The first kappa shape index (κ1) is 14.8. The molecule has 0 amide bonds. The Morgan fingerprint density at radius 2 is 1.71 bits per heavy atom. The number of benzene rings is 2. The Kier molecular flexibility index (Phi) is 4.36. The highest BCUT2D eigenvalue weighted by Gasteiger charge is 2.12. The Morgan fingerprint density at radius 3 is 2.29 bits per heavy atom. The molecular formula is C15H13N3O2S. The van der Waals surface area contributed by atoms with Crippen LogP contribution in [0, 0.1) is 11.3 Å². The van der Waals surface area contributed by atoms with Gasteiger partial charge in [-0.05, 0) is 36.8 Å². The summed E-state index contributed by atoms with van der Waals surface area (Å²) in [5, 5.41) is 12.6. The van der Waals surface area contributed by atoms with Crippen LogP contribution in [0.3, 0.4) is 0 Å². The average molecular weight is 299 g/mol. The summed E-state index contributed by atoms with van der Waals surface area (Å²) in [7, 11) is -3.74. The Hall–Kier alpha value is -2.65. The molecule has 2 aromatic carbocycles. The van der Waals surface area contributed by atoms with Crippen molar-refractivity contribution < 1.29 is 8.42 Å². The average Bonchev–Trinajstić information content (AvgIpc) is 2.53. The standard InChI is InChI=1S/C15H13N3O2S/c1-12(14-5-3-2-4-6-14)17-18-21(19,20)15-9-7-13(11-16)8-10-15/h2-10,18H,1H3/b17-12+. The lowest BCUT2D eigenvalue weighted by Crippen LogP contribution is -2.19. The Labute approximate surface area is 123 Å². The molecule has 0 aliphatic rings. The van der Waals surface area contributed by atoms with Gasteiger partial charge in [-0.15, -0.1) is 0 Å². The maximum absolute atomic E-state index is 12.1. The van der Waals surface area contributed by atoms with E-state index in [0.717, 1.165) is 5.56 Å². The third-order valence-electron chi connectivity index (χ3n) is 2.82. The molecule has 0 bridgehead atoms. The second-order valence-corrected chi connectivity index (χ2v) is 5.95. The molecule has 0 unspecified atom stereocenters. The second-order valence-electron chi connectivity index (χ2n) is 4.29. The van der Waals surface area contributed by atoms with Gasteiger partial charge in [0.05, 0.1) is 22.2 Å². The fraction of sp³-hybridized carbons (Fsp3) is 0.0667. The normalized spacial score (nSPS) is 11.7. The molecule has 0 saturated heterocycles. The molecule has 0 fully saturated rings. The Bertz CT molecular complexity index is 789. The molecule has 106 valence electrons. The number of hydrazone groups is 1. The van der Waals surface area contributed by atoms with Crippen LogP contribution in [0.2, 0.25) is 0 Å². The summed E-state index contributed by atoms with van der Waals surface area (Å²) in [5.41, 5.74) is 1.80. The molecule has 6 heteroatoms. The Morgan fingerprint density at radius 1 is 1.10 bits per heavy atom. The van der Waals surface area contributed by atoms with Crippen LogP contribution in [0.15, 0.2) is 64.6 Å². The van der Waals surface area contributed by atoms with Crippen LogP contribution in [-0.4, -0.2) is 14.1 Å². The van der Waals surface area contributed by atoms with Crippen molar-refractivity contribution in [2.45, 2.75) is 11.8 Å². The van der Waals surface area contributed by atoms with Gasteiger partial charge in [-0.25, -0.2) is 0 Å². The summed E-state index contributed by atoms with van der Waals surface area (Å²) in [6, 6.07) is 16.8. The number of nitrogens with one attached hydrogen (secondary N) is 1. The molecule has 0 atom stereocenters. The highest BCUT2D eigenvalue weighted by Crippen LogP contribution is 2.10. The van der Waals surface area contributed by atoms with Gasteiger partial charge >= 0.3 is 0 Å². The molecule has 0 heterocycles. The van der Waals surface area contributed by atoms with E-state index in [4.69, 9.17) is 5.26 Å². The van der Waals surface area contributed by atoms with Crippen molar-refractivity contribution in [3.63, 3.8) is 0 Å². The first-order valence-corrected chi connectivity index (χ1v) is 7.63. The predicted octanol–water partition coefficient (Wildman–Crippen LogP) is 2.26. The Balaban J connectivity index is 2.20. The van der Waals surface area contributed by atoms with Crippen LogP contribution in [0.25, 0.3) is 0 Å². The summed E-state index contributed by atoms with van der Waals surface area (Å²) in [6.45, 7) is 1.72. The molecule has 2 aromatic rings. The van der Waals surface area contributed by atoms with Gasteiger partial charge in [-0.3, -0.25) is 0 Å². The van der Waals surface area contributed by atoms with Crippen molar-refractivity contribution in [2.24, 2.45) is 5.10 Å². The van der Waals surface area contributed by atoms with Gasteiger partial charge in [0, 0.05) is 0 Å². The zero-order chi connectivity index (χ0) is 15.3. The first-order valence-electron chi connectivity index (χ1n) is 6.14. The van der Waals surface area contributed by atoms with Gasteiger partial charge in [0.2, 0.25) is 0 Å². The van der Waals surface area contributed by atoms with Crippen molar-refractivity contribution in [1.29, 1.82) is 5.26 Å². The lowest BCUT2D eigenvalue weighted by molar-refractivity contribution is 0.584. The van der Waals surface area contributed by atoms with Crippen molar-refractivity contribution in [2.75, 3.05) is 0 Å². The van der Waals surface area contributed by atoms with E-state index < -0.39 is 10.0 Å². The van der Waals surface area contributed by atoms with E-state index in [-0.39, 0.29) is 4.90 Å². The number of sulfonamides is 1. The molecule has 1 N–H and O–H groups in total. The van der Waals surface area contributed by atoms with Crippen LogP contribution in [0.1, 0.15) is 18.1 Å². The summed E-state index contributed by atoms with van der Waals surface area (Å²) < 4.78 is 24.1. The zero-order valence-electron chi connectivity index (χ0n) is 11.3. The van der Waals surface area contributed by atoms with Crippen molar-refractivity contribution in [3.8, 4) is 6.07 Å². The molecule has 2 rings (SSSR count). The number of nitrogens with zero attached hydrogens (tertiary/aromatic N) is 2. The molecule has 0 radical (unpaired) electrons. The quantitative estimate of drug-likeness (QED) is 0.694. The minimum absolute atomic E-state index is 0.0612. The van der Waals surface area contributed by atoms with E-state index in [2.05, 4.69) is 9.93 Å². The number of hydrogen-bond donors (Lipinski definition) is 1. The van der Waals surface area contributed by atoms with Crippen LogP contribution < -0.4 is 4.83 Å². The second kappa shape index (κ2) is 6.20. The van der Waals surface area contributed by atoms with Gasteiger partial charge in [-0.1, -0.05) is 30.3 Å². The van der Waals surface area contributed by atoms with E-state index in [9.17, 15) is 8.42 Å². The third-order valence-corrected chi connectivity index (χ3v) is 4.04. The van der Waals surface area contributed by atoms with Gasteiger partial charge in [0.25, 0.3) is 10.0 Å². The minimum Gasteiger partial charge on any atom is -0.200 e. The number of nitriles is 1. The molecule has 0 aliphatic carbocycles. The first-order chi connectivity index (χ1) is 10.0. The van der Waals surface area contributed by atoms with Crippen molar-refractivity contribution in [3.05, 3.63) is 65.7 Å². The molecule has 0 spiro atoms. The smallest absolute Gasteiger partial charge is 0.200 e. The zero-order valence-corrected chi connectivity index (χ0v) is 12.1. The van der Waals surface area contributed by atoms with Crippen LogP contribution >= 0.6 is 0 Å². The molecule has 0 aliphatic heterocycles. The topological polar surface area (TPSA) is 82.3 Å². The molecular weight excluding hydrogens is 286 g/mol. The van der Waals surface area contributed by atoms with Crippen molar-refractivity contribution >= 4 is 15.7 Å². The minimum atomic E-state index is -3.74. The van der Waals surface area contributed by atoms with Gasteiger partial charge < -0.3 is 0 Å². The molecule has 0 aromatic heterocycles. The predicted molar refractivity (Wildman–Crippen MR) is 80.1 cm³/mol. The molecule has 0 saturated carbocycles. The summed E-state index contributed by atoms with van der Waals surface area (Å²) in [6.07, 6.45) is 0. The summed E-state index contributed by atoms with van der Waals surface area (Å²) in [4.78, 5) is 2.25. The highest BCUT2D eigenvalue weighted by molar-refractivity contribution is 7.89. The van der Waals surface area contributed by atoms with Gasteiger partial charge in [0.15, 0.2) is 0 Å². The van der Waals surface area contributed by atoms with Crippen molar-refractivity contribution in [1.82, 2.24) is 4.83 Å². The van der Waals surface area contributed by atoms with Gasteiger partial charge in [0.1, 0.15) is 0 Å². The molecule has 21 heavy (non-hydrogen) atoms. The van der Waals surface area contributed by atoms with E-state index >= 15 is 0 Å². The fourth-order valence-electron chi connectivity index (χ4n) is 1.63. The molecule has 5 nitrogen and oxygen atoms in total. The fourth-order valence-corrected chi connectivity index (χ4v) is 2.49.